The van der Waals surface area contributed by atoms with E-state index < -0.39 is 8.25 Å². The second-order valence-corrected chi connectivity index (χ2v) is 6.54. The molecule has 0 aliphatic heterocycles. The lowest BCUT2D eigenvalue weighted by atomic mass is 9.93. The molecule has 1 heterocycles. The Morgan fingerprint density at radius 2 is 1.54 bits per heavy atom. The van der Waals surface area contributed by atoms with Gasteiger partial charge in [-0.2, -0.15) is 0 Å². The molecule has 5 nitrogen and oxygen atoms in total. The lowest BCUT2D eigenvalue weighted by Gasteiger charge is -2.11. The molecule has 26 heavy (non-hydrogen) atoms. The van der Waals surface area contributed by atoms with Crippen LogP contribution in [0.15, 0.2) is 77.2 Å². The molecule has 1 N–H and O–H groups in total. The minimum absolute atomic E-state index is 0.0280. The first-order valence-electron chi connectivity index (χ1n) is 7.79. The number of hydrogen-bond acceptors (Lipinski definition) is 4. The van der Waals surface area contributed by atoms with Crippen molar-refractivity contribution in [3.63, 3.8) is 0 Å². The molecule has 0 aliphatic carbocycles. The van der Waals surface area contributed by atoms with E-state index >= 15 is 0 Å². The van der Waals surface area contributed by atoms with Crippen LogP contribution in [0, 0.1) is 4.84 Å². The van der Waals surface area contributed by atoms with Crippen LogP contribution in [0.4, 0.5) is 0 Å². The van der Waals surface area contributed by atoms with Gasteiger partial charge >= 0.3 is 13.1 Å². The van der Waals surface area contributed by atoms with Gasteiger partial charge in [0.25, 0.3) is 0 Å². The molecule has 1 atom stereocenters. The highest BCUT2D eigenvalue weighted by Gasteiger charge is 2.24. The number of rotatable bonds is 4. The van der Waals surface area contributed by atoms with E-state index in [2.05, 4.69) is 0 Å². The summed E-state index contributed by atoms with van der Waals surface area (Å²) in [7, 11) is -2.90. The van der Waals surface area contributed by atoms with E-state index in [1.807, 2.05) is 66.7 Å². The number of benzene rings is 3. The van der Waals surface area contributed by atoms with Gasteiger partial charge in [0.1, 0.15) is 5.52 Å². The Morgan fingerprint density at radius 1 is 0.923 bits per heavy atom. The van der Waals surface area contributed by atoms with Gasteiger partial charge in [-0.05, 0) is 41.0 Å². The zero-order valence-electron chi connectivity index (χ0n) is 13.4. The quantitative estimate of drug-likeness (QED) is 0.379. The molecule has 1 unspecified atom stereocenters. The smallest absolute Gasteiger partial charge is 0.427 e. The molecule has 0 bridgehead atoms. The molecule has 0 saturated carbocycles. The molecule has 4 rings (SSSR count). The molecule has 0 radical (unpaired) electrons. The maximum atomic E-state index is 11.3. The summed E-state index contributed by atoms with van der Waals surface area (Å²) < 4.78 is 23.0. The van der Waals surface area contributed by atoms with Crippen molar-refractivity contribution in [1.29, 1.82) is 0 Å². The lowest BCUT2D eigenvalue weighted by molar-refractivity contribution is 0.242. The van der Waals surface area contributed by atoms with Crippen molar-refractivity contribution in [3.8, 4) is 22.3 Å². The van der Waals surface area contributed by atoms with E-state index in [0.29, 0.717) is 11.1 Å². The number of oxazole rings is 1. The van der Waals surface area contributed by atoms with Crippen LogP contribution in [-0.4, -0.2) is 9.62 Å². The van der Waals surface area contributed by atoms with Crippen LogP contribution in [-0.2, 0) is 4.57 Å². The Labute approximate surface area is 155 Å². The van der Waals surface area contributed by atoms with Gasteiger partial charge in [-0.1, -0.05) is 65.4 Å². The summed E-state index contributed by atoms with van der Waals surface area (Å²) >= 11 is 5.17. The summed E-state index contributed by atoms with van der Waals surface area (Å²) in [4.78, 5) is 9.21. The van der Waals surface area contributed by atoms with Crippen LogP contribution >= 0.6 is 20.5 Å². The van der Waals surface area contributed by atoms with Crippen LogP contribution < -0.4 is 4.62 Å². The summed E-state index contributed by atoms with van der Waals surface area (Å²) in [5.41, 5.74) is 4.65. The van der Waals surface area contributed by atoms with Crippen LogP contribution in [0.3, 0.4) is 0 Å². The van der Waals surface area contributed by atoms with E-state index in [9.17, 15) is 9.46 Å². The van der Waals surface area contributed by atoms with Gasteiger partial charge in [-0.15, -0.1) is 9.52 Å². The van der Waals surface area contributed by atoms with E-state index in [1.165, 1.54) is 0 Å². The Kier molecular flexibility index (Phi) is 4.39. The average Bonchev–Trinajstić information content (AvgIpc) is 2.97. The maximum Gasteiger partial charge on any atom is 0.768 e. The third-order valence-corrected chi connectivity index (χ3v) is 4.56. The van der Waals surface area contributed by atoms with Crippen LogP contribution in [0.2, 0.25) is 0 Å². The number of aromatic nitrogens is 1. The fourth-order valence-corrected chi connectivity index (χ4v) is 3.55. The van der Waals surface area contributed by atoms with Gasteiger partial charge in [0, 0.05) is 10.1 Å². The number of fused-ring (bicyclic) bond motifs is 1. The third kappa shape index (κ3) is 2.95. The standard InChI is InChI=1S/C19H12NO4PS/c21-25(22)24-20-18-16(23-19(20)26)12-11-15(13-7-3-1-4-8-13)17(18)14-9-5-2-6-10-14/h1-12H/p+1. The average molecular weight is 382 g/mol. The van der Waals surface area contributed by atoms with Crippen molar-refractivity contribution in [2.24, 2.45) is 0 Å². The highest BCUT2D eigenvalue weighted by molar-refractivity contribution is 7.71. The van der Waals surface area contributed by atoms with E-state index in [4.69, 9.17) is 21.3 Å². The summed E-state index contributed by atoms with van der Waals surface area (Å²) in [6.07, 6.45) is 0. The second kappa shape index (κ2) is 6.84. The van der Waals surface area contributed by atoms with Crippen molar-refractivity contribution in [1.82, 2.24) is 4.73 Å². The first-order valence-corrected chi connectivity index (χ1v) is 9.33. The normalized spacial score (nSPS) is 11.5. The molecule has 7 heteroatoms. The largest absolute Gasteiger partial charge is 0.768 e. The van der Waals surface area contributed by atoms with Gasteiger partial charge in [0.15, 0.2) is 5.58 Å². The monoisotopic (exact) mass is 382 g/mol. The van der Waals surface area contributed by atoms with Gasteiger partial charge in [-0.25, -0.2) is 0 Å². The third-order valence-electron chi connectivity index (χ3n) is 4.01. The lowest BCUT2D eigenvalue weighted by Crippen LogP contribution is -2.04. The summed E-state index contributed by atoms with van der Waals surface area (Å²) in [5, 5.41) is 0. The van der Waals surface area contributed by atoms with Gasteiger partial charge in [0.2, 0.25) is 0 Å². The Balaban J connectivity index is 2.13. The highest BCUT2D eigenvalue weighted by Crippen LogP contribution is 2.39. The number of nitrogens with zero attached hydrogens (tertiary/aromatic N) is 1. The SMILES string of the molecule is O=[P+](O)On1c(=S)oc2ccc(-c3ccccc3)c(-c3ccccc3)c21. The van der Waals surface area contributed by atoms with Crippen molar-refractivity contribution in [2.75, 3.05) is 0 Å². The van der Waals surface area contributed by atoms with Crippen molar-refractivity contribution in [2.45, 2.75) is 0 Å². The van der Waals surface area contributed by atoms with E-state index in [-0.39, 0.29) is 4.84 Å². The van der Waals surface area contributed by atoms with Crippen molar-refractivity contribution >= 4 is 31.6 Å². The molecule has 0 saturated heterocycles. The van der Waals surface area contributed by atoms with Gasteiger partial charge in [0.05, 0.1) is 0 Å². The fraction of sp³-hybridized carbons (Fsp3) is 0. The predicted molar refractivity (Wildman–Crippen MR) is 102 cm³/mol. The fourth-order valence-electron chi connectivity index (χ4n) is 2.98. The second-order valence-electron chi connectivity index (χ2n) is 5.55. The summed E-state index contributed by atoms with van der Waals surface area (Å²) in [6.45, 7) is 0. The molecule has 3 aromatic carbocycles. The topological polar surface area (TPSA) is 64.6 Å². The van der Waals surface area contributed by atoms with Gasteiger partial charge in [-0.3, -0.25) is 0 Å². The minimum atomic E-state index is -2.90. The first-order chi connectivity index (χ1) is 12.6. The molecular formula is C19H13NO4PS+. The molecule has 4 aromatic rings. The van der Waals surface area contributed by atoms with Gasteiger partial charge < -0.3 is 4.42 Å². The molecule has 0 amide bonds. The number of hydrogen-bond donors (Lipinski definition) is 1. The molecule has 1 aromatic heterocycles. The zero-order chi connectivity index (χ0) is 18.1. The Morgan fingerprint density at radius 3 is 2.15 bits per heavy atom. The molecule has 128 valence electrons. The highest BCUT2D eigenvalue weighted by atomic mass is 32.1. The van der Waals surface area contributed by atoms with Crippen molar-refractivity contribution in [3.05, 3.63) is 77.6 Å². The van der Waals surface area contributed by atoms with Crippen LogP contribution in [0.1, 0.15) is 0 Å². The molecular weight excluding hydrogens is 369 g/mol. The summed E-state index contributed by atoms with van der Waals surface area (Å²) in [5.74, 6) is 0. The van der Waals surface area contributed by atoms with Crippen LogP contribution in [0.25, 0.3) is 33.4 Å². The first kappa shape index (κ1) is 16.7. The van der Waals surface area contributed by atoms with Crippen LogP contribution in [0.5, 0.6) is 0 Å². The Hall–Kier alpha value is -2.79. The maximum absolute atomic E-state index is 11.3. The van der Waals surface area contributed by atoms with Crippen molar-refractivity contribution < 1.29 is 18.5 Å². The molecule has 0 fully saturated rings. The molecule has 0 spiro atoms. The zero-order valence-corrected chi connectivity index (χ0v) is 15.1. The summed E-state index contributed by atoms with van der Waals surface area (Å²) in [6, 6.07) is 23.3. The Bertz CT molecular complexity index is 1150. The minimum Gasteiger partial charge on any atom is -0.427 e. The predicted octanol–water partition coefficient (Wildman–Crippen LogP) is 5.38. The molecule has 0 aliphatic rings. The van der Waals surface area contributed by atoms with E-state index in [0.717, 1.165) is 27.0 Å². The van der Waals surface area contributed by atoms with E-state index in [1.54, 1.807) is 6.07 Å².